The molecule has 0 saturated carbocycles. The minimum atomic E-state index is -0.0549. The number of hydrogen-bond donors (Lipinski definition) is 1. The van der Waals surface area contributed by atoms with Gasteiger partial charge in [0.2, 0.25) is 0 Å². The van der Waals surface area contributed by atoms with E-state index in [1.807, 2.05) is 30.3 Å². The smallest absolute Gasteiger partial charge is 0.122 e. The minimum Gasteiger partial charge on any atom is -0.496 e. The van der Waals surface area contributed by atoms with E-state index in [2.05, 4.69) is 44.0 Å². The largest absolute Gasteiger partial charge is 0.496 e. The first kappa shape index (κ1) is 14.6. The van der Waals surface area contributed by atoms with Gasteiger partial charge in [-0.2, -0.15) is 0 Å². The average Bonchev–Trinajstić information content (AvgIpc) is 2.39. The first-order valence-corrected chi connectivity index (χ1v) is 7.52. The number of halogens is 2. The lowest BCUT2D eigenvalue weighted by atomic mass is 9.99. The van der Waals surface area contributed by atoms with E-state index in [0.717, 1.165) is 32.2 Å². The summed E-state index contributed by atoms with van der Waals surface area (Å²) in [6, 6.07) is 14.0. The summed E-state index contributed by atoms with van der Waals surface area (Å²) in [4.78, 5) is 0. The Hall–Kier alpha value is -0.840. The summed E-state index contributed by atoms with van der Waals surface area (Å²) in [5.74, 6) is 0.869. The molecule has 1 atom stereocenters. The Morgan fingerprint density at radius 2 is 1.84 bits per heavy atom. The molecule has 0 aromatic heterocycles. The molecule has 0 heterocycles. The van der Waals surface area contributed by atoms with Crippen molar-refractivity contribution in [3.63, 3.8) is 0 Å². The molecule has 0 spiro atoms. The molecule has 2 aromatic carbocycles. The normalized spacial score (nSPS) is 12.2. The Labute approximate surface area is 130 Å². The van der Waals surface area contributed by atoms with Crippen LogP contribution >= 0.6 is 31.9 Å². The van der Waals surface area contributed by atoms with Crippen molar-refractivity contribution in [2.75, 3.05) is 7.11 Å². The molecule has 0 amide bonds. The van der Waals surface area contributed by atoms with Crippen LogP contribution in [-0.2, 0) is 6.42 Å². The summed E-state index contributed by atoms with van der Waals surface area (Å²) >= 11 is 6.95. The summed E-state index contributed by atoms with van der Waals surface area (Å²) < 4.78 is 7.45. The highest BCUT2D eigenvalue weighted by molar-refractivity contribution is 9.10. The van der Waals surface area contributed by atoms with Crippen molar-refractivity contribution >= 4 is 31.9 Å². The lowest BCUT2D eigenvalue weighted by Crippen LogP contribution is -2.13. The van der Waals surface area contributed by atoms with Gasteiger partial charge in [0, 0.05) is 15.0 Å². The lowest BCUT2D eigenvalue weighted by molar-refractivity contribution is 0.408. The van der Waals surface area contributed by atoms with Gasteiger partial charge >= 0.3 is 0 Å². The second kappa shape index (κ2) is 6.55. The van der Waals surface area contributed by atoms with E-state index in [4.69, 9.17) is 10.5 Å². The van der Waals surface area contributed by atoms with E-state index in [1.165, 1.54) is 0 Å². The topological polar surface area (TPSA) is 35.2 Å². The third-order valence-corrected chi connectivity index (χ3v) is 3.95. The zero-order valence-corrected chi connectivity index (χ0v) is 13.7. The van der Waals surface area contributed by atoms with Gasteiger partial charge in [-0.1, -0.05) is 44.0 Å². The highest BCUT2D eigenvalue weighted by Crippen LogP contribution is 2.27. The van der Waals surface area contributed by atoms with Crippen LogP contribution in [0.15, 0.2) is 51.4 Å². The number of nitrogens with two attached hydrogens (primary N) is 1. The predicted molar refractivity (Wildman–Crippen MR) is 85.5 cm³/mol. The van der Waals surface area contributed by atoms with E-state index in [0.29, 0.717) is 0 Å². The van der Waals surface area contributed by atoms with Crippen molar-refractivity contribution in [3.05, 3.63) is 62.5 Å². The van der Waals surface area contributed by atoms with Crippen LogP contribution in [0.3, 0.4) is 0 Å². The second-order valence-corrected chi connectivity index (χ2v) is 6.15. The lowest BCUT2D eigenvalue weighted by Gasteiger charge is -2.15. The Kier molecular flexibility index (Phi) is 5.02. The number of methoxy groups -OCH3 is 1. The van der Waals surface area contributed by atoms with Crippen LogP contribution in [0.2, 0.25) is 0 Å². The molecule has 0 aliphatic rings. The van der Waals surface area contributed by atoms with Gasteiger partial charge in [-0.15, -0.1) is 0 Å². The molecular weight excluding hydrogens is 370 g/mol. The van der Waals surface area contributed by atoms with Gasteiger partial charge in [-0.3, -0.25) is 0 Å². The zero-order valence-electron chi connectivity index (χ0n) is 10.6. The first-order valence-electron chi connectivity index (χ1n) is 5.93. The van der Waals surface area contributed by atoms with Crippen LogP contribution < -0.4 is 10.5 Å². The average molecular weight is 385 g/mol. The van der Waals surface area contributed by atoms with E-state index >= 15 is 0 Å². The van der Waals surface area contributed by atoms with Crippen molar-refractivity contribution in [2.45, 2.75) is 12.5 Å². The molecule has 2 aromatic rings. The molecule has 2 N–H and O–H groups in total. The quantitative estimate of drug-likeness (QED) is 0.844. The van der Waals surface area contributed by atoms with E-state index in [1.54, 1.807) is 7.11 Å². The number of benzene rings is 2. The summed E-state index contributed by atoms with van der Waals surface area (Å²) in [7, 11) is 1.68. The molecule has 0 fully saturated rings. The maximum Gasteiger partial charge on any atom is 0.122 e. The molecule has 0 radical (unpaired) electrons. The molecule has 0 aliphatic heterocycles. The SMILES string of the molecule is COc1ccc(Br)cc1CC(N)c1cccc(Br)c1. The van der Waals surface area contributed by atoms with Crippen molar-refractivity contribution in [1.82, 2.24) is 0 Å². The van der Waals surface area contributed by atoms with Gasteiger partial charge in [0.05, 0.1) is 7.11 Å². The second-order valence-electron chi connectivity index (χ2n) is 4.32. The van der Waals surface area contributed by atoms with Gasteiger partial charge < -0.3 is 10.5 Å². The van der Waals surface area contributed by atoms with Gasteiger partial charge in [-0.25, -0.2) is 0 Å². The third kappa shape index (κ3) is 3.81. The molecule has 100 valence electrons. The monoisotopic (exact) mass is 383 g/mol. The number of rotatable bonds is 4. The molecule has 0 aliphatic carbocycles. The summed E-state index contributed by atoms with van der Waals surface area (Å²) in [6.07, 6.45) is 0.735. The number of ether oxygens (including phenoxy) is 1. The summed E-state index contributed by atoms with van der Waals surface area (Å²) in [5, 5.41) is 0. The standard InChI is InChI=1S/C15H15Br2NO/c1-19-15-6-5-13(17)8-11(15)9-14(18)10-3-2-4-12(16)7-10/h2-8,14H,9,18H2,1H3. The van der Waals surface area contributed by atoms with Crippen LogP contribution in [-0.4, -0.2) is 7.11 Å². The predicted octanol–water partition coefficient (Wildman–Crippen LogP) is 4.46. The van der Waals surface area contributed by atoms with E-state index < -0.39 is 0 Å². The Morgan fingerprint density at radius 3 is 2.53 bits per heavy atom. The van der Waals surface area contributed by atoms with Crippen molar-refractivity contribution < 1.29 is 4.74 Å². The molecule has 1 unspecified atom stereocenters. The van der Waals surface area contributed by atoms with Gasteiger partial charge in [-0.05, 0) is 47.9 Å². The molecular formula is C15H15Br2NO. The Morgan fingerprint density at radius 1 is 1.11 bits per heavy atom. The van der Waals surface area contributed by atoms with Crippen LogP contribution in [0.5, 0.6) is 5.75 Å². The molecule has 0 saturated heterocycles. The van der Waals surface area contributed by atoms with Crippen LogP contribution in [0.25, 0.3) is 0 Å². The van der Waals surface area contributed by atoms with Crippen LogP contribution in [0, 0.1) is 0 Å². The van der Waals surface area contributed by atoms with Crippen molar-refractivity contribution in [1.29, 1.82) is 0 Å². The Balaban J connectivity index is 2.23. The fraction of sp³-hybridized carbons (Fsp3) is 0.200. The van der Waals surface area contributed by atoms with Gasteiger partial charge in [0.25, 0.3) is 0 Å². The zero-order chi connectivity index (χ0) is 13.8. The fourth-order valence-electron chi connectivity index (χ4n) is 2.00. The molecule has 19 heavy (non-hydrogen) atoms. The summed E-state index contributed by atoms with van der Waals surface area (Å²) in [6.45, 7) is 0. The number of hydrogen-bond acceptors (Lipinski definition) is 2. The van der Waals surface area contributed by atoms with Gasteiger partial charge in [0.1, 0.15) is 5.75 Å². The highest BCUT2D eigenvalue weighted by Gasteiger charge is 2.11. The van der Waals surface area contributed by atoms with Crippen molar-refractivity contribution in [3.8, 4) is 5.75 Å². The Bertz CT molecular complexity index is 572. The van der Waals surface area contributed by atoms with Crippen LogP contribution in [0.1, 0.15) is 17.2 Å². The van der Waals surface area contributed by atoms with E-state index in [9.17, 15) is 0 Å². The third-order valence-electron chi connectivity index (χ3n) is 2.96. The first-order chi connectivity index (χ1) is 9.10. The fourth-order valence-corrected chi connectivity index (χ4v) is 2.82. The molecule has 2 nitrogen and oxygen atoms in total. The van der Waals surface area contributed by atoms with Crippen molar-refractivity contribution in [2.24, 2.45) is 5.73 Å². The van der Waals surface area contributed by atoms with Crippen LogP contribution in [0.4, 0.5) is 0 Å². The maximum absolute atomic E-state index is 6.28. The molecule has 2 rings (SSSR count). The maximum atomic E-state index is 6.28. The summed E-state index contributed by atoms with van der Waals surface area (Å²) in [5.41, 5.74) is 8.49. The molecule has 4 heteroatoms. The van der Waals surface area contributed by atoms with E-state index in [-0.39, 0.29) is 6.04 Å². The minimum absolute atomic E-state index is 0.0549. The highest BCUT2D eigenvalue weighted by atomic mass is 79.9. The molecule has 0 bridgehead atoms. The van der Waals surface area contributed by atoms with Gasteiger partial charge in [0.15, 0.2) is 0 Å².